The number of carbonyl (C=O) groups excluding carboxylic acids is 2. The topological polar surface area (TPSA) is 67.2 Å². The number of pyridine rings is 1. The van der Waals surface area contributed by atoms with Crippen LogP contribution >= 0.6 is 21.2 Å². The molecule has 2 amide bonds. The minimum atomic E-state index is -4.33. The highest BCUT2D eigenvalue weighted by atomic mass is 32.2. The van der Waals surface area contributed by atoms with Gasteiger partial charge in [0, 0.05) is 57.1 Å². The molecule has 0 saturated carbocycles. The van der Waals surface area contributed by atoms with Gasteiger partial charge in [-0.3, -0.25) is 13.9 Å². The van der Waals surface area contributed by atoms with Gasteiger partial charge in [0.1, 0.15) is 5.65 Å². The molecular formula is C25H28F3N4O3PS. The number of benzene rings is 1. The fourth-order valence-electron chi connectivity index (χ4n) is 4.41. The molecule has 0 bridgehead atoms. The summed E-state index contributed by atoms with van der Waals surface area (Å²) in [7, 11) is 4.32. The number of hydrogen-bond acceptors (Lipinski definition) is 5. The Labute approximate surface area is 219 Å². The molecule has 1 unspecified atom stereocenters. The molecule has 1 fully saturated rings. The van der Waals surface area contributed by atoms with E-state index >= 15 is 0 Å². The number of hydrogen-bond donors (Lipinski definition) is 0. The predicted molar refractivity (Wildman–Crippen MR) is 141 cm³/mol. The monoisotopic (exact) mass is 552 g/mol. The molecule has 1 aromatic carbocycles. The summed E-state index contributed by atoms with van der Waals surface area (Å²) in [5.41, 5.74) is 3.10. The zero-order valence-electron chi connectivity index (χ0n) is 20.7. The molecule has 0 spiro atoms. The Morgan fingerprint density at radius 1 is 1.27 bits per heavy atom. The van der Waals surface area contributed by atoms with Crippen molar-refractivity contribution in [3.8, 4) is 11.3 Å². The molecule has 198 valence electrons. The van der Waals surface area contributed by atoms with Crippen LogP contribution in [0.5, 0.6) is 0 Å². The van der Waals surface area contributed by atoms with E-state index < -0.39 is 12.6 Å². The average molecular weight is 553 g/mol. The number of carbonyl (C=O) groups is 2. The van der Waals surface area contributed by atoms with Crippen molar-refractivity contribution in [2.24, 2.45) is 0 Å². The summed E-state index contributed by atoms with van der Waals surface area (Å²) < 4.78 is 48.3. The van der Waals surface area contributed by atoms with Crippen LogP contribution in [0, 0.1) is 0 Å². The molecule has 0 aliphatic carbocycles. The number of imidazole rings is 1. The quantitative estimate of drug-likeness (QED) is 0.344. The van der Waals surface area contributed by atoms with E-state index in [4.69, 9.17) is 9.72 Å². The lowest BCUT2D eigenvalue weighted by Crippen LogP contribution is -2.45. The molecule has 1 saturated heterocycles. The van der Waals surface area contributed by atoms with E-state index in [-0.39, 0.29) is 23.5 Å². The molecule has 37 heavy (non-hydrogen) atoms. The van der Waals surface area contributed by atoms with Gasteiger partial charge in [0.2, 0.25) is 5.91 Å². The zero-order chi connectivity index (χ0) is 26.9. The predicted octanol–water partition coefficient (Wildman–Crippen LogP) is 3.75. The Kier molecular flexibility index (Phi) is 8.16. The smallest absolute Gasteiger partial charge is 0.374 e. The largest absolute Gasteiger partial charge is 0.393 e. The second-order valence-electron chi connectivity index (χ2n) is 8.91. The van der Waals surface area contributed by atoms with Gasteiger partial charge in [0.15, 0.2) is 0 Å². The Bertz CT molecular complexity index is 1330. The summed E-state index contributed by atoms with van der Waals surface area (Å²) in [5, 5.41) is 0.732. The first-order valence-electron chi connectivity index (χ1n) is 11.6. The van der Waals surface area contributed by atoms with E-state index in [1.165, 1.54) is 35.3 Å². The van der Waals surface area contributed by atoms with E-state index in [9.17, 15) is 22.8 Å². The maximum Gasteiger partial charge on any atom is 0.393 e. The average Bonchev–Trinajstić information content (AvgIpc) is 3.19. The lowest BCUT2D eigenvalue weighted by Gasteiger charge is -2.32. The summed E-state index contributed by atoms with van der Waals surface area (Å²) in [6, 6.07) is 8.16. The standard InChI is InChI=1S/C25H28F3N4O3PS/c1-15(33)31-8-9-35-18(14-31)12-20-23(19-5-4-17(11-21(19)36)24(34)30(2)37-3)29-22-10-16(6-7-32(20)22)13-25(26,27)28/h4-7,10-11,18H,8-9,12-14,36H2,1-3H3/t18-/m0/s1. The fraction of sp³-hybridized carbons (Fsp3) is 0.400. The number of nitrogens with zero attached hydrogens (tertiary/aromatic N) is 4. The summed E-state index contributed by atoms with van der Waals surface area (Å²) in [6.07, 6.45) is -1.86. The van der Waals surface area contributed by atoms with Crippen LogP contribution in [0.25, 0.3) is 16.9 Å². The number of ether oxygens (including phenoxy) is 1. The van der Waals surface area contributed by atoms with Crippen LogP contribution in [0.4, 0.5) is 13.2 Å². The van der Waals surface area contributed by atoms with E-state index in [1.54, 1.807) is 40.7 Å². The molecule has 7 nitrogen and oxygen atoms in total. The van der Waals surface area contributed by atoms with Crippen LogP contribution < -0.4 is 5.30 Å². The van der Waals surface area contributed by atoms with Gasteiger partial charge in [-0.2, -0.15) is 13.2 Å². The zero-order valence-corrected chi connectivity index (χ0v) is 22.7. The second kappa shape index (κ2) is 11.0. The van der Waals surface area contributed by atoms with Gasteiger partial charge in [-0.25, -0.2) is 4.98 Å². The minimum absolute atomic E-state index is 0.0360. The number of alkyl halides is 3. The minimum Gasteiger partial charge on any atom is -0.374 e. The van der Waals surface area contributed by atoms with Crippen molar-refractivity contribution in [2.75, 3.05) is 33.0 Å². The number of aromatic nitrogens is 2. The van der Waals surface area contributed by atoms with Gasteiger partial charge in [0.05, 0.1) is 30.5 Å². The van der Waals surface area contributed by atoms with Crippen LogP contribution in [0.15, 0.2) is 36.5 Å². The number of amides is 2. The van der Waals surface area contributed by atoms with Crippen LogP contribution in [0.3, 0.4) is 0 Å². The molecule has 3 aromatic rings. The Hall–Kier alpha value is -2.62. The fourth-order valence-corrected chi connectivity index (χ4v) is 5.09. The van der Waals surface area contributed by atoms with Crippen molar-refractivity contribution in [3.05, 3.63) is 53.3 Å². The normalized spacial score (nSPS) is 16.3. The Morgan fingerprint density at radius 3 is 2.68 bits per heavy atom. The summed E-state index contributed by atoms with van der Waals surface area (Å²) >= 11 is 1.31. The van der Waals surface area contributed by atoms with Gasteiger partial charge in [-0.15, -0.1) is 9.24 Å². The lowest BCUT2D eigenvalue weighted by molar-refractivity contribution is -0.136. The third kappa shape index (κ3) is 6.27. The molecule has 2 atom stereocenters. The summed E-state index contributed by atoms with van der Waals surface area (Å²) in [5.74, 6) is -0.180. The van der Waals surface area contributed by atoms with E-state index in [1.807, 2.05) is 6.26 Å². The summed E-state index contributed by atoms with van der Waals surface area (Å²) in [6.45, 7) is 2.85. The second-order valence-corrected chi connectivity index (χ2v) is 10.4. The van der Waals surface area contributed by atoms with Crippen molar-refractivity contribution in [2.45, 2.75) is 32.0 Å². The first-order chi connectivity index (χ1) is 17.5. The van der Waals surface area contributed by atoms with Crippen molar-refractivity contribution >= 4 is 44.0 Å². The molecule has 0 radical (unpaired) electrons. The Balaban J connectivity index is 1.77. The molecular weight excluding hydrogens is 524 g/mol. The van der Waals surface area contributed by atoms with Crippen molar-refractivity contribution in [1.82, 2.24) is 18.6 Å². The Morgan fingerprint density at radius 2 is 2.03 bits per heavy atom. The first kappa shape index (κ1) is 27.4. The molecule has 0 N–H and O–H groups in total. The molecule has 4 rings (SSSR count). The van der Waals surface area contributed by atoms with Crippen molar-refractivity contribution in [3.63, 3.8) is 0 Å². The lowest BCUT2D eigenvalue weighted by atomic mass is 10.0. The third-order valence-corrected chi connectivity index (χ3v) is 7.50. The highest BCUT2D eigenvalue weighted by Gasteiger charge is 2.29. The van der Waals surface area contributed by atoms with Crippen LogP contribution in [0.1, 0.15) is 28.5 Å². The van der Waals surface area contributed by atoms with Crippen LogP contribution in [-0.4, -0.2) is 75.7 Å². The number of morpholine rings is 1. The van der Waals surface area contributed by atoms with Gasteiger partial charge >= 0.3 is 6.18 Å². The molecule has 1 aliphatic heterocycles. The van der Waals surface area contributed by atoms with Crippen molar-refractivity contribution in [1.29, 1.82) is 0 Å². The number of rotatable bonds is 6. The van der Waals surface area contributed by atoms with E-state index in [0.717, 1.165) is 16.6 Å². The third-order valence-electron chi connectivity index (χ3n) is 6.31. The van der Waals surface area contributed by atoms with Gasteiger partial charge in [-0.05, 0) is 35.1 Å². The maximum absolute atomic E-state index is 13.0. The molecule has 2 aromatic heterocycles. The molecule has 1 aliphatic rings. The number of halogens is 3. The number of fused-ring (bicyclic) bond motifs is 1. The van der Waals surface area contributed by atoms with Crippen LogP contribution in [-0.2, 0) is 22.4 Å². The molecule has 3 heterocycles. The first-order valence-corrected chi connectivity index (χ1v) is 13.4. The highest BCUT2D eigenvalue weighted by Crippen LogP contribution is 2.29. The highest BCUT2D eigenvalue weighted by molar-refractivity contribution is 7.96. The maximum atomic E-state index is 13.0. The van der Waals surface area contributed by atoms with Crippen LogP contribution in [0.2, 0.25) is 0 Å². The van der Waals surface area contributed by atoms with Crippen molar-refractivity contribution < 1.29 is 27.5 Å². The van der Waals surface area contributed by atoms with E-state index in [0.29, 0.717) is 43.0 Å². The molecule has 12 heteroatoms. The van der Waals surface area contributed by atoms with Gasteiger partial charge < -0.3 is 14.0 Å². The van der Waals surface area contributed by atoms with Gasteiger partial charge in [-0.1, -0.05) is 18.0 Å². The summed E-state index contributed by atoms with van der Waals surface area (Å²) in [4.78, 5) is 31.0. The van der Waals surface area contributed by atoms with Gasteiger partial charge in [0.25, 0.3) is 5.91 Å². The van der Waals surface area contributed by atoms with E-state index in [2.05, 4.69) is 9.24 Å². The SMILES string of the molecule is CSN(C)C(=O)c1ccc(-c2nc3cc(CC(F)(F)F)ccn3c2C[C@H]2CN(C(C)=O)CCO2)c(P)c1.